The largest absolute Gasteiger partial charge is 0.284 e. The zero-order valence-corrected chi connectivity index (χ0v) is 3.70. The number of alkyl halides is 2. The van der Waals surface area contributed by atoms with Gasteiger partial charge in [-0.2, -0.15) is 0 Å². The summed E-state index contributed by atoms with van der Waals surface area (Å²) in [5.74, 6) is 0. The van der Waals surface area contributed by atoms with Crippen molar-refractivity contribution in [3.63, 3.8) is 0 Å². The van der Waals surface area contributed by atoms with Crippen molar-refractivity contribution in [2.24, 2.45) is 20.7 Å². The molecule has 0 N–H and O–H groups in total. The molecule has 0 aromatic heterocycles. The summed E-state index contributed by atoms with van der Waals surface area (Å²) in [4.78, 5) is 0. The first-order chi connectivity index (χ1) is 3.80. The first kappa shape index (κ1) is 5.20. The van der Waals surface area contributed by atoms with Crippen molar-refractivity contribution in [3.8, 4) is 0 Å². The normalized spacial score (nSPS) is 18.9. The van der Waals surface area contributed by atoms with Gasteiger partial charge in [-0.3, -0.25) is 0 Å². The molecule has 6 heteroatoms. The number of rotatable bonds is 1. The maximum atomic E-state index is 11.4. The lowest BCUT2D eigenvalue weighted by molar-refractivity contribution is 0.119. The lowest BCUT2D eigenvalue weighted by Crippen LogP contribution is -2.08. The third-order valence-corrected chi connectivity index (χ3v) is 0.605. The van der Waals surface area contributed by atoms with Gasteiger partial charge in [-0.05, 0) is 10.4 Å². The standard InChI is InChI=1S/C2H2F2N4/c3-1(4)2-5-7-8-6-2/h1-2H. The topological polar surface area (TPSA) is 49.4 Å². The first-order valence-corrected chi connectivity index (χ1v) is 1.89. The molecule has 0 fully saturated rings. The van der Waals surface area contributed by atoms with Crippen molar-refractivity contribution >= 4 is 0 Å². The van der Waals surface area contributed by atoms with Crippen LogP contribution in [-0.4, -0.2) is 12.6 Å². The molecule has 0 unspecified atom stereocenters. The molecule has 0 bridgehead atoms. The van der Waals surface area contributed by atoms with E-state index in [4.69, 9.17) is 0 Å². The second-order valence-electron chi connectivity index (χ2n) is 1.16. The van der Waals surface area contributed by atoms with E-state index in [1.165, 1.54) is 0 Å². The highest BCUT2D eigenvalue weighted by molar-refractivity contribution is 4.62. The van der Waals surface area contributed by atoms with E-state index in [0.717, 1.165) is 0 Å². The molecule has 44 valence electrons. The molecule has 0 amide bonds. The number of nitrogens with zero attached hydrogens (tertiary/aromatic N) is 4. The van der Waals surface area contributed by atoms with E-state index in [2.05, 4.69) is 20.7 Å². The molecule has 4 nitrogen and oxygen atoms in total. The van der Waals surface area contributed by atoms with Crippen molar-refractivity contribution in [2.45, 2.75) is 12.6 Å². The van der Waals surface area contributed by atoms with Crippen LogP contribution in [0.15, 0.2) is 20.7 Å². The minimum atomic E-state index is -2.58. The Morgan fingerprint density at radius 3 is 1.88 bits per heavy atom. The summed E-state index contributed by atoms with van der Waals surface area (Å²) in [6.45, 7) is 0. The molecule has 0 spiro atoms. The van der Waals surface area contributed by atoms with Gasteiger partial charge in [0.1, 0.15) is 0 Å². The molecule has 0 radical (unpaired) electrons. The monoisotopic (exact) mass is 120 g/mol. The van der Waals surface area contributed by atoms with Crippen molar-refractivity contribution in [1.29, 1.82) is 0 Å². The maximum Gasteiger partial charge on any atom is 0.284 e. The highest BCUT2D eigenvalue weighted by Crippen LogP contribution is 2.12. The van der Waals surface area contributed by atoms with Crippen molar-refractivity contribution < 1.29 is 8.78 Å². The van der Waals surface area contributed by atoms with Crippen molar-refractivity contribution in [1.82, 2.24) is 0 Å². The minimum Gasteiger partial charge on any atom is -0.206 e. The molecule has 0 aromatic rings. The Hall–Kier alpha value is -0.940. The fourth-order valence-electron chi connectivity index (χ4n) is 0.276. The van der Waals surface area contributed by atoms with Gasteiger partial charge < -0.3 is 0 Å². The molecule has 1 heterocycles. The van der Waals surface area contributed by atoms with E-state index in [0.29, 0.717) is 0 Å². The summed E-state index contributed by atoms with van der Waals surface area (Å²) in [6.07, 6.45) is -3.93. The molecule has 0 aromatic carbocycles. The van der Waals surface area contributed by atoms with Crippen molar-refractivity contribution in [2.75, 3.05) is 0 Å². The lowest BCUT2D eigenvalue weighted by atomic mass is 10.6. The Labute approximate surface area is 43.3 Å². The van der Waals surface area contributed by atoms with E-state index in [1.54, 1.807) is 0 Å². The zero-order valence-electron chi connectivity index (χ0n) is 3.70. The van der Waals surface area contributed by atoms with Crippen LogP contribution in [0.1, 0.15) is 0 Å². The van der Waals surface area contributed by atoms with E-state index in [9.17, 15) is 8.78 Å². The molecule has 1 aliphatic rings. The van der Waals surface area contributed by atoms with Gasteiger partial charge >= 0.3 is 0 Å². The van der Waals surface area contributed by atoms with Crippen LogP contribution in [0.3, 0.4) is 0 Å². The zero-order chi connectivity index (χ0) is 5.98. The predicted octanol–water partition coefficient (Wildman–Crippen LogP) is 1.41. The van der Waals surface area contributed by atoms with Crippen LogP contribution in [0.25, 0.3) is 0 Å². The fraction of sp³-hybridized carbons (Fsp3) is 1.00. The minimum absolute atomic E-state index is 1.35. The van der Waals surface area contributed by atoms with Crippen LogP contribution in [-0.2, 0) is 0 Å². The third kappa shape index (κ3) is 0.824. The van der Waals surface area contributed by atoms with Crippen molar-refractivity contribution in [3.05, 3.63) is 0 Å². The Kier molecular flexibility index (Phi) is 1.23. The molecule has 0 saturated carbocycles. The van der Waals surface area contributed by atoms with Crippen LogP contribution < -0.4 is 0 Å². The van der Waals surface area contributed by atoms with Crippen LogP contribution in [0.5, 0.6) is 0 Å². The third-order valence-electron chi connectivity index (χ3n) is 0.605. The van der Waals surface area contributed by atoms with Gasteiger partial charge in [-0.15, -0.1) is 10.2 Å². The lowest BCUT2D eigenvalue weighted by Gasteiger charge is -1.93. The smallest absolute Gasteiger partial charge is 0.206 e. The predicted molar refractivity (Wildman–Crippen MR) is 19.5 cm³/mol. The van der Waals surface area contributed by atoms with Crippen LogP contribution >= 0.6 is 0 Å². The van der Waals surface area contributed by atoms with E-state index < -0.39 is 12.6 Å². The van der Waals surface area contributed by atoms with Gasteiger partial charge in [0.25, 0.3) is 6.43 Å². The number of hydrogen-bond donors (Lipinski definition) is 0. The number of hydrogen-bond acceptors (Lipinski definition) is 4. The average Bonchev–Trinajstić information content (AvgIpc) is 2.12. The van der Waals surface area contributed by atoms with Crippen LogP contribution in [0.4, 0.5) is 8.78 Å². The van der Waals surface area contributed by atoms with Gasteiger partial charge in [0.2, 0.25) is 6.17 Å². The van der Waals surface area contributed by atoms with Gasteiger partial charge in [0, 0.05) is 0 Å². The molecule has 0 atom stereocenters. The SMILES string of the molecule is FC(F)C1N=NN=N1. The Bertz CT molecular complexity index is 118. The summed E-state index contributed by atoms with van der Waals surface area (Å²) in [5, 5.41) is 11.7. The Morgan fingerprint density at radius 2 is 1.62 bits per heavy atom. The summed E-state index contributed by atoms with van der Waals surface area (Å²) in [6, 6.07) is 0. The van der Waals surface area contributed by atoms with Gasteiger partial charge in [0.15, 0.2) is 0 Å². The second-order valence-corrected chi connectivity index (χ2v) is 1.16. The molecule has 1 aliphatic heterocycles. The summed E-state index contributed by atoms with van der Waals surface area (Å²) < 4.78 is 22.9. The summed E-state index contributed by atoms with van der Waals surface area (Å²) in [7, 11) is 0. The average molecular weight is 120 g/mol. The van der Waals surface area contributed by atoms with E-state index in [-0.39, 0.29) is 0 Å². The van der Waals surface area contributed by atoms with Gasteiger partial charge in [-0.1, -0.05) is 0 Å². The second kappa shape index (κ2) is 1.89. The maximum absolute atomic E-state index is 11.4. The summed E-state index contributed by atoms with van der Waals surface area (Å²) >= 11 is 0. The quantitative estimate of drug-likeness (QED) is 0.502. The molecular weight excluding hydrogens is 118 g/mol. The summed E-state index contributed by atoms with van der Waals surface area (Å²) in [5.41, 5.74) is 0. The van der Waals surface area contributed by atoms with Gasteiger partial charge in [-0.25, -0.2) is 8.78 Å². The highest BCUT2D eigenvalue weighted by atomic mass is 19.3. The molecule has 0 saturated heterocycles. The molecular formula is C2H2F2N4. The first-order valence-electron chi connectivity index (χ1n) is 1.89. The van der Waals surface area contributed by atoms with Crippen LogP contribution in [0, 0.1) is 0 Å². The molecule has 1 rings (SSSR count). The van der Waals surface area contributed by atoms with E-state index >= 15 is 0 Å². The van der Waals surface area contributed by atoms with Gasteiger partial charge in [0.05, 0.1) is 0 Å². The Balaban J connectivity index is 2.49. The number of halogens is 2. The highest BCUT2D eigenvalue weighted by Gasteiger charge is 2.21. The van der Waals surface area contributed by atoms with Crippen LogP contribution in [0.2, 0.25) is 0 Å². The fourth-order valence-corrected chi connectivity index (χ4v) is 0.276. The molecule has 8 heavy (non-hydrogen) atoms. The Morgan fingerprint density at radius 1 is 1.12 bits per heavy atom. The molecule has 0 aliphatic carbocycles. The van der Waals surface area contributed by atoms with E-state index in [1.807, 2.05) is 0 Å².